The van der Waals surface area contributed by atoms with Gasteiger partial charge >= 0.3 is 0 Å². The fraction of sp³-hybridized carbons (Fsp3) is 0.143. The van der Waals surface area contributed by atoms with Crippen molar-refractivity contribution in [2.45, 2.75) is 20.0 Å². The molecule has 1 aliphatic rings. The van der Waals surface area contributed by atoms with Crippen molar-refractivity contribution in [1.82, 2.24) is 29.2 Å². The molecule has 5 rings (SSSR count). The molecule has 7 heteroatoms. The van der Waals surface area contributed by atoms with Gasteiger partial charge in [0.15, 0.2) is 0 Å². The second kappa shape index (κ2) is 6.45. The predicted molar refractivity (Wildman–Crippen MR) is 103 cm³/mol. The zero-order valence-corrected chi connectivity index (χ0v) is 15.4. The quantitative estimate of drug-likeness (QED) is 0.556. The molecule has 0 fully saturated rings. The zero-order valence-electron chi connectivity index (χ0n) is 15.4. The average molecular weight is 370 g/mol. The number of aromatic nitrogens is 5. The lowest BCUT2D eigenvalue weighted by atomic mass is 10.2. The van der Waals surface area contributed by atoms with Crippen LogP contribution in [0, 0.1) is 6.92 Å². The van der Waals surface area contributed by atoms with Gasteiger partial charge in [-0.2, -0.15) is 5.10 Å². The predicted octanol–water partition coefficient (Wildman–Crippen LogP) is 2.92. The number of benzene rings is 1. The molecule has 0 bridgehead atoms. The summed E-state index contributed by atoms with van der Waals surface area (Å²) in [6, 6.07) is 12.1. The van der Waals surface area contributed by atoms with E-state index in [1.807, 2.05) is 41.3 Å². The molecule has 4 aromatic rings. The summed E-state index contributed by atoms with van der Waals surface area (Å²) in [7, 11) is 0. The van der Waals surface area contributed by atoms with E-state index >= 15 is 0 Å². The van der Waals surface area contributed by atoms with Crippen molar-refractivity contribution in [3.05, 3.63) is 89.9 Å². The van der Waals surface area contributed by atoms with E-state index in [0.717, 1.165) is 28.3 Å². The molecule has 0 unspecified atom stereocenters. The summed E-state index contributed by atoms with van der Waals surface area (Å²) < 4.78 is 4.03. The normalized spacial score (nSPS) is 13.0. The van der Waals surface area contributed by atoms with Crippen LogP contribution in [0.1, 0.15) is 27.3 Å². The van der Waals surface area contributed by atoms with Crippen LogP contribution in [-0.4, -0.2) is 35.1 Å². The highest BCUT2D eigenvalue weighted by Gasteiger charge is 2.32. The van der Waals surface area contributed by atoms with Crippen molar-refractivity contribution in [1.29, 1.82) is 0 Å². The molecule has 0 saturated carbocycles. The molecular weight excluding hydrogens is 352 g/mol. The first kappa shape index (κ1) is 16.4. The highest BCUT2D eigenvalue weighted by atomic mass is 16.2. The third-order valence-corrected chi connectivity index (χ3v) is 4.99. The number of para-hydroxylation sites is 1. The van der Waals surface area contributed by atoms with Gasteiger partial charge in [-0.05, 0) is 30.7 Å². The fourth-order valence-corrected chi connectivity index (χ4v) is 3.63. The topological polar surface area (TPSA) is 68.8 Å². The van der Waals surface area contributed by atoms with Gasteiger partial charge in [0, 0.05) is 30.4 Å². The molecule has 7 nitrogen and oxygen atoms in total. The summed E-state index contributed by atoms with van der Waals surface area (Å²) in [6.07, 6.45) is 8.59. The van der Waals surface area contributed by atoms with E-state index < -0.39 is 0 Å². The minimum Gasteiger partial charge on any atom is -0.327 e. The number of carbonyl (C=O) groups is 1. The Kier molecular flexibility index (Phi) is 3.79. The van der Waals surface area contributed by atoms with Crippen LogP contribution in [0.25, 0.3) is 11.5 Å². The second-order valence-electron chi connectivity index (χ2n) is 6.79. The number of hydrogen-bond acceptors (Lipinski definition) is 4. The van der Waals surface area contributed by atoms with Crippen LogP contribution in [0.15, 0.2) is 67.4 Å². The Hall–Kier alpha value is -3.74. The van der Waals surface area contributed by atoms with Crippen LogP contribution >= 0.6 is 0 Å². The standard InChI is InChI=1S/C21H18N6O/c1-15-6-2-3-7-19(15)27-20(25-10-4-5-11-25)16-13-26(14-18(16)24-27)21(28)17-12-22-8-9-23-17/h2-12H,13-14H2,1H3. The van der Waals surface area contributed by atoms with Crippen LogP contribution < -0.4 is 0 Å². The Morgan fingerprint density at radius 1 is 1.04 bits per heavy atom. The first-order valence-electron chi connectivity index (χ1n) is 9.08. The van der Waals surface area contributed by atoms with Gasteiger partial charge in [0.05, 0.1) is 30.7 Å². The van der Waals surface area contributed by atoms with E-state index in [0.29, 0.717) is 18.8 Å². The molecule has 0 aliphatic carbocycles. The van der Waals surface area contributed by atoms with Gasteiger partial charge in [-0.15, -0.1) is 0 Å². The number of aryl methyl sites for hydroxylation is 1. The summed E-state index contributed by atoms with van der Waals surface area (Å²) in [5, 5.41) is 4.87. The zero-order chi connectivity index (χ0) is 19.1. The van der Waals surface area contributed by atoms with Crippen LogP contribution in [0.5, 0.6) is 0 Å². The number of hydrogen-bond donors (Lipinski definition) is 0. The number of amides is 1. The maximum atomic E-state index is 12.8. The third kappa shape index (κ3) is 2.60. The maximum Gasteiger partial charge on any atom is 0.274 e. The van der Waals surface area contributed by atoms with Gasteiger partial charge < -0.3 is 9.47 Å². The largest absolute Gasteiger partial charge is 0.327 e. The van der Waals surface area contributed by atoms with Crippen molar-refractivity contribution in [3.8, 4) is 11.5 Å². The molecule has 3 aromatic heterocycles. The Labute approximate surface area is 161 Å². The van der Waals surface area contributed by atoms with Crippen LogP contribution in [-0.2, 0) is 13.1 Å². The Morgan fingerprint density at radius 3 is 2.61 bits per heavy atom. The smallest absolute Gasteiger partial charge is 0.274 e. The summed E-state index contributed by atoms with van der Waals surface area (Å²) in [4.78, 5) is 22.7. The summed E-state index contributed by atoms with van der Waals surface area (Å²) in [5.41, 5.74) is 4.49. The minimum atomic E-state index is -0.132. The minimum absolute atomic E-state index is 0.132. The molecule has 0 saturated heterocycles. The van der Waals surface area contributed by atoms with Crippen LogP contribution in [0.4, 0.5) is 0 Å². The molecular formula is C21H18N6O. The highest BCUT2D eigenvalue weighted by molar-refractivity contribution is 5.92. The van der Waals surface area contributed by atoms with Gasteiger partial charge in [0.1, 0.15) is 11.5 Å². The molecule has 0 atom stereocenters. The molecule has 0 radical (unpaired) electrons. The number of nitrogens with zero attached hydrogens (tertiary/aromatic N) is 6. The molecule has 1 aromatic carbocycles. The summed E-state index contributed by atoms with van der Waals surface area (Å²) in [5.74, 6) is 0.829. The fourth-order valence-electron chi connectivity index (χ4n) is 3.63. The van der Waals surface area contributed by atoms with Crippen molar-refractivity contribution in [2.24, 2.45) is 0 Å². The molecule has 0 N–H and O–H groups in total. The molecule has 138 valence electrons. The van der Waals surface area contributed by atoms with Crippen molar-refractivity contribution in [3.63, 3.8) is 0 Å². The third-order valence-electron chi connectivity index (χ3n) is 4.99. The van der Waals surface area contributed by atoms with Gasteiger partial charge in [-0.1, -0.05) is 18.2 Å². The molecule has 28 heavy (non-hydrogen) atoms. The monoisotopic (exact) mass is 370 g/mol. The van der Waals surface area contributed by atoms with E-state index in [1.54, 1.807) is 11.1 Å². The van der Waals surface area contributed by atoms with Gasteiger partial charge in [-0.3, -0.25) is 9.78 Å². The van der Waals surface area contributed by atoms with Gasteiger partial charge in [-0.25, -0.2) is 9.67 Å². The molecule has 4 heterocycles. The number of fused-ring (bicyclic) bond motifs is 1. The maximum absolute atomic E-state index is 12.8. The van der Waals surface area contributed by atoms with E-state index in [1.165, 1.54) is 12.4 Å². The molecule has 0 spiro atoms. The Bertz CT molecular complexity index is 1150. The lowest BCUT2D eigenvalue weighted by Gasteiger charge is -2.17. The average Bonchev–Trinajstić information content (AvgIpc) is 3.44. The van der Waals surface area contributed by atoms with Crippen molar-refractivity contribution in [2.75, 3.05) is 0 Å². The SMILES string of the molecule is Cc1ccccc1-n1nc2c(c1-n1cccc1)CN(C(=O)c1cnccn1)C2. The van der Waals surface area contributed by atoms with E-state index in [-0.39, 0.29) is 5.91 Å². The van der Waals surface area contributed by atoms with E-state index in [2.05, 4.69) is 33.6 Å². The van der Waals surface area contributed by atoms with E-state index in [4.69, 9.17) is 5.10 Å². The Morgan fingerprint density at radius 2 is 1.86 bits per heavy atom. The lowest BCUT2D eigenvalue weighted by Crippen LogP contribution is -2.27. The van der Waals surface area contributed by atoms with Crippen molar-refractivity contribution < 1.29 is 4.79 Å². The van der Waals surface area contributed by atoms with E-state index in [9.17, 15) is 4.79 Å². The van der Waals surface area contributed by atoms with Gasteiger partial charge in [0.2, 0.25) is 0 Å². The van der Waals surface area contributed by atoms with Crippen LogP contribution in [0.2, 0.25) is 0 Å². The van der Waals surface area contributed by atoms with Gasteiger partial charge in [0.25, 0.3) is 5.91 Å². The second-order valence-corrected chi connectivity index (χ2v) is 6.79. The highest BCUT2D eigenvalue weighted by Crippen LogP contribution is 2.31. The molecule has 1 aliphatic heterocycles. The Balaban J connectivity index is 1.58. The van der Waals surface area contributed by atoms with Crippen molar-refractivity contribution >= 4 is 5.91 Å². The summed E-state index contributed by atoms with van der Waals surface area (Å²) >= 11 is 0. The lowest BCUT2D eigenvalue weighted by molar-refractivity contribution is 0.0742. The summed E-state index contributed by atoms with van der Waals surface area (Å²) in [6.45, 7) is 3.02. The first-order chi connectivity index (χ1) is 13.7. The van der Waals surface area contributed by atoms with Crippen LogP contribution in [0.3, 0.4) is 0 Å². The number of carbonyl (C=O) groups excluding carboxylic acids is 1. The number of rotatable bonds is 3. The molecule has 1 amide bonds. The first-order valence-corrected chi connectivity index (χ1v) is 9.08.